The summed E-state index contributed by atoms with van der Waals surface area (Å²) in [5.41, 5.74) is 1.62. The van der Waals surface area contributed by atoms with Crippen LogP contribution in [0.2, 0.25) is 0 Å². The second-order valence-corrected chi connectivity index (χ2v) is 3.87. The number of hydrogen-bond acceptors (Lipinski definition) is 4. The van der Waals surface area contributed by atoms with Crippen LogP contribution in [0.1, 0.15) is 17.5 Å². The lowest BCUT2D eigenvalue weighted by atomic mass is 10.2. The van der Waals surface area contributed by atoms with Crippen LogP contribution in [-0.2, 0) is 6.54 Å². The van der Waals surface area contributed by atoms with Crippen LogP contribution in [0.25, 0.3) is 0 Å². The summed E-state index contributed by atoms with van der Waals surface area (Å²) in [5, 5.41) is 18.1. The number of pyridine rings is 1. The first-order chi connectivity index (χ1) is 7.28. The number of aliphatic hydroxyl groups is 1. The van der Waals surface area contributed by atoms with Gasteiger partial charge in [0.1, 0.15) is 6.07 Å². The van der Waals surface area contributed by atoms with E-state index in [1.54, 1.807) is 12.4 Å². The largest absolute Gasteiger partial charge is 0.392 e. The van der Waals surface area contributed by atoms with Crippen LogP contribution in [0.15, 0.2) is 18.5 Å². The molecule has 78 valence electrons. The SMILES string of the molecule is N#Cc1cncc(CN2CC[C@@H](O)C2)c1. The number of hydrogen-bond donors (Lipinski definition) is 1. The zero-order chi connectivity index (χ0) is 10.7. The molecule has 1 fully saturated rings. The van der Waals surface area contributed by atoms with Gasteiger partial charge in [-0.15, -0.1) is 0 Å². The maximum atomic E-state index is 9.37. The number of aliphatic hydroxyl groups excluding tert-OH is 1. The minimum atomic E-state index is -0.197. The molecule has 0 aliphatic carbocycles. The Morgan fingerprint density at radius 2 is 2.47 bits per heavy atom. The summed E-state index contributed by atoms with van der Waals surface area (Å²) in [7, 11) is 0. The van der Waals surface area contributed by atoms with Crippen LogP contribution in [0.4, 0.5) is 0 Å². The van der Waals surface area contributed by atoms with Crippen molar-refractivity contribution in [2.24, 2.45) is 0 Å². The lowest BCUT2D eigenvalue weighted by Crippen LogP contribution is -2.21. The Kier molecular flexibility index (Phi) is 2.95. The van der Waals surface area contributed by atoms with Gasteiger partial charge in [0.05, 0.1) is 11.7 Å². The van der Waals surface area contributed by atoms with Crippen LogP contribution in [0, 0.1) is 11.3 Å². The first-order valence-electron chi connectivity index (χ1n) is 5.02. The highest BCUT2D eigenvalue weighted by atomic mass is 16.3. The molecule has 1 N–H and O–H groups in total. The van der Waals surface area contributed by atoms with E-state index in [1.807, 2.05) is 6.07 Å². The number of nitriles is 1. The molecule has 4 nitrogen and oxygen atoms in total. The minimum absolute atomic E-state index is 0.197. The third kappa shape index (κ3) is 2.52. The highest BCUT2D eigenvalue weighted by Gasteiger charge is 2.19. The van der Waals surface area contributed by atoms with Gasteiger partial charge in [0.25, 0.3) is 0 Å². The molecule has 1 saturated heterocycles. The van der Waals surface area contributed by atoms with E-state index in [0.29, 0.717) is 5.56 Å². The molecular formula is C11H13N3O. The fraction of sp³-hybridized carbons (Fsp3) is 0.455. The molecule has 1 aromatic rings. The second kappa shape index (κ2) is 4.39. The third-order valence-corrected chi connectivity index (χ3v) is 2.58. The van der Waals surface area contributed by atoms with E-state index >= 15 is 0 Å². The van der Waals surface area contributed by atoms with E-state index < -0.39 is 0 Å². The monoisotopic (exact) mass is 203 g/mol. The number of rotatable bonds is 2. The van der Waals surface area contributed by atoms with Gasteiger partial charge in [-0.25, -0.2) is 0 Å². The third-order valence-electron chi connectivity index (χ3n) is 2.58. The molecule has 0 amide bonds. The highest BCUT2D eigenvalue weighted by molar-refractivity contribution is 5.28. The fourth-order valence-electron chi connectivity index (χ4n) is 1.85. The summed E-state index contributed by atoms with van der Waals surface area (Å²) >= 11 is 0. The standard InChI is InChI=1S/C11H13N3O/c12-4-9-3-10(6-13-5-9)7-14-2-1-11(15)8-14/h3,5-6,11,15H,1-2,7-8H2/t11-/m1/s1. The number of β-amino-alcohol motifs (C(OH)–C–C–N with tert-alkyl or cyclic N) is 1. The van der Waals surface area contributed by atoms with Crippen molar-refractivity contribution in [1.29, 1.82) is 5.26 Å². The Labute approximate surface area is 88.8 Å². The molecule has 1 aliphatic heterocycles. The Bertz CT molecular complexity index is 386. The van der Waals surface area contributed by atoms with Crippen LogP contribution < -0.4 is 0 Å². The molecule has 0 unspecified atom stereocenters. The van der Waals surface area contributed by atoms with E-state index in [2.05, 4.69) is 16.0 Å². The molecule has 0 bridgehead atoms. The van der Waals surface area contributed by atoms with E-state index in [0.717, 1.165) is 31.6 Å². The molecule has 1 aromatic heterocycles. The molecule has 1 atom stereocenters. The average Bonchev–Trinajstić information content (AvgIpc) is 2.64. The van der Waals surface area contributed by atoms with Gasteiger partial charge in [0.2, 0.25) is 0 Å². The molecule has 0 radical (unpaired) electrons. The number of aromatic nitrogens is 1. The van der Waals surface area contributed by atoms with Crippen molar-refractivity contribution in [3.63, 3.8) is 0 Å². The van der Waals surface area contributed by atoms with Crippen LogP contribution in [-0.4, -0.2) is 34.2 Å². The van der Waals surface area contributed by atoms with Crippen LogP contribution in [0.5, 0.6) is 0 Å². The Hall–Kier alpha value is -1.44. The summed E-state index contributed by atoms with van der Waals surface area (Å²) in [6.07, 6.45) is 3.97. The van der Waals surface area contributed by atoms with Crippen LogP contribution in [0.3, 0.4) is 0 Å². The molecule has 0 spiro atoms. The fourth-order valence-corrected chi connectivity index (χ4v) is 1.85. The van der Waals surface area contributed by atoms with Gasteiger partial charge in [-0.3, -0.25) is 9.88 Å². The van der Waals surface area contributed by atoms with Crippen molar-refractivity contribution in [3.8, 4) is 6.07 Å². The van der Waals surface area contributed by atoms with Crippen molar-refractivity contribution in [1.82, 2.24) is 9.88 Å². The minimum Gasteiger partial charge on any atom is -0.392 e. The molecule has 15 heavy (non-hydrogen) atoms. The number of nitrogens with zero attached hydrogens (tertiary/aromatic N) is 3. The van der Waals surface area contributed by atoms with Crippen molar-refractivity contribution in [2.45, 2.75) is 19.1 Å². The lowest BCUT2D eigenvalue weighted by Gasteiger charge is -2.14. The quantitative estimate of drug-likeness (QED) is 0.761. The van der Waals surface area contributed by atoms with Gasteiger partial charge >= 0.3 is 0 Å². The van der Waals surface area contributed by atoms with Crippen molar-refractivity contribution < 1.29 is 5.11 Å². The highest BCUT2D eigenvalue weighted by Crippen LogP contribution is 2.13. The van der Waals surface area contributed by atoms with Gasteiger partial charge in [-0.2, -0.15) is 5.26 Å². The topological polar surface area (TPSA) is 60.2 Å². The molecule has 1 aliphatic rings. The number of likely N-dealkylation sites (tertiary alicyclic amines) is 1. The molecule has 2 heterocycles. The van der Waals surface area contributed by atoms with E-state index in [4.69, 9.17) is 5.26 Å². The molecule has 4 heteroatoms. The first kappa shape index (κ1) is 10.1. The second-order valence-electron chi connectivity index (χ2n) is 3.87. The Balaban J connectivity index is 2.02. The van der Waals surface area contributed by atoms with Crippen molar-refractivity contribution in [3.05, 3.63) is 29.6 Å². The summed E-state index contributed by atoms with van der Waals surface area (Å²) in [6.45, 7) is 2.40. The Morgan fingerprint density at radius 1 is 1.60 bits per heavy atom. The zero-order valence-corrected chi connectivity index (χ0v) is 8.43. The van der Waals surface area contributed by atoms with E-state index in [9.17, 15) is 5.11 Å². The molecule has 0 saturated carbocycles. The summed E-state index contributed by atoms with van der Waals surface area (Å²) in [4.78, 5) is 6.17. The normalized spacial score (nSPS) is 21.5. The smallest absolute Gasteiger partial charge is 0.101 e. The average molecular weight is 203 g/mol. The predicted octanol–water partition coefficient (Wildman–Crippen LogP) is 0.520. The lowest BCUT2D eigenvalue weighted by molar-refractivity contribution is 0.175. The maximum absolute atomic E-state index is 9.37. The molecule has 0 aromatic carbocycles. The molecular weight excluding hydrogens is 190 g/mol. The van der Waals surface area contributed by atoms with Gasteiger partial charge in [0, 0.05) is 32.0 Å². The first-order valence-corrected chi connectivity index (χ1v) is 5.02. The molecule has 2 rings (SSSR count). The van der Waals surface area contributed by atoms with Gasteiger partial charge in [-0.1, -0.05) is 0 Å². The van der Waals surface area contributed by atoms with E-state index in [-0.39, 0.29) is 6.10 Å². The maximum Gasteiger partial charge on any atom is 0.101 e. The predicted molar refractivity (Wildman–Crippen MR) is 54.9 cm³/mol. The summed E-state index contributed by atoms with van der Waals surface area (Å²) in [5.74, 6) is 0. The van der Waals surface area contributed by atoms with Crippen molar-refractivity contribution in [2.75, 3.05) is 13.1 Å². The Morgan fingerprint density at radius 3 is 3.13 bits per heavy atom. The van der Waals surface area contributed by atoms with E-state index in [1.165, 1.54) is 0 Å². The summed E-state index contributed by atoms with van der Waals surface area (Å²) < 4.78 is 0. The van der Waals surface area contributed by atoms with Gasteiger partial charge < -0.3 is 5.11 Å². The summed E-state index contributed by atoms with van der Waals surface area (Å²) in [6, 6.07) is 3.92. The zero-order valence-electron chi connectivity index (χ0n) is 8.43. The van der Waals surface area contributed by atoms with Crippen molar-refractivity contribution >= 4 is 0 Å². The van der Waals surface area contributed by atoms with Crippen LogP contribution >= 0.6 is 0 Å². The van der Waals surface area contributed by atoms with Gasteiger partial charge in [-0.05, 0) is 18.1 Å². The van der Waals surface area contributed by atoms with Gasteiger partial charge in [0.15, 0.2) is 0 Å².